The largest absolute Gasteiger partial charge is 0.478 e. The molecule has 34 heavy (non-hydrogen) atoms. The van der Waals surface area contributed by atoms with E-state index in [-0.39, 0.29) is 35.4 Å². The van der Waals surface area contributed by atoms with Crippen LogP contribution in [-0.2, 0) is 10.3 Å². The first kappa shape index (κ1) is 21.2. The van der Waals surface area contributed by atoms with Crippen LogP contribution in [0.5, 0.6) is 0 Å². The van der Waals surface area contributed by atoms with Gasteiger partial charge in [0.2, 0.25) is 0 Å². The number of rotatable bonds is 7. The van der Waals surface area contributed by atoms with Crippen molar-refractivity contribution in [3.8, 4) is 0 Å². The van der Waals surface area contributed by atoms with E-state index in [2.05, 4.69) is 10.6 Å². The number of urea groups is 1. The van der Waals surface area contributed by atoms with Crippen LogP contribution in [0.15, 0.2) is 77.2 Å². The SMILES string of the molecule is O=C(O)c1c(C(=O)NCCN2C(=O)NC(c3ccccc3)(c3ccccc3)C2=O)c2ccc1o2. The van der Waals surface area contributed by atoms with Gasteiger partial charge < -0.3 is 20.2 Å². The Kier molecular flexibility index (Phi) is 5.01. The van der Waals surface area contributed by atoms with E-state index in [9.17, 15) is 24.3 Å². The van der Waals surface area contributed by atoms with Crippen LogP contribution in [0.25, 0.3) is 11.2 Å². The summed E-state index contributed by atoms with van der Waals surface area (Å²) in [5, 5.41) is 14.8. The quantitative estimate of drug-likeness (QED) is 0.366. The highest BCUT2D eigenvalue weighted by atomic mass is 16.4. The topological polar surface area (TPSA) is 129 Å². The Morgan fingerprint density at radius 1 is 0.882 bits per heavy atom. The van der Waals surface area contributed by atoms with Gasteiger partial charge in [-0.1, -0.05) is 60.7 Å². The number of fused-ring (bicyclic) bond motifs is 2. The van der Waals surface area contributed by atoms with Gasteiger partial charge in [0.05, 0.1) is 0 Å². The zero-order valence-corrected chi connectivity index (χ0v) is 17.8. The number of carboxylic acids is 1. The van der Waals surface area contributed by atoms with Gasteiger partial charge in [-0.05, 0) is 23.3 Å². The average Bonchev–Trinajstić information content (AvgIpc) is 3.54. The Morgan fingerprint density at radius 2 is 1.44 bits per heavy atom. The maximum Gasteiger partial charge on any atom is 0.340 e. The summed E-state index contributed by atoms with van der Waals surface area (Å²) >= 11 is 0. The molecule has 4 amide bonds. The Hall–Kier alpha value is -4.66. The fourth-order valence-corrected chi connectivity index (χ4v) is 4.37. The lowest BCUT2D eigenvalue weighted by molar-refractivity contribution is -0.130. The molecule has 1 fully saturated rings. The number of nitrogens with zero attached hydrogens (tertiary/aromatic N) is 1. The van der Waals surface area contributed by atoms with Gasteiger partial charge in [-0.3, -0.25) is 14.5 Å². The van der Waals surface area contributed by atoms with Gasteiger partial charge >= 0.3 is 12.0 Å². The van der Waals surface area contributed by atoms with E-state index >= 15 is 0 Å². The Morgan fingerprint density at radius 3 is 2.00 bits per heavy atom. The Bertz CT molecular complexity index is 1360. The maximum atomic E-state index is 13.6. The molecule has 1 aliphatic rings. The molecule has 0 unspecified atom stereocenters. The fraction of sp³-hybridized carbons (Fsp3) is 0.120. The van der Waals surface area contributed by atoms with Crippen LogP contribution in [0.3, 0.4) is 0 Å². The number of aromatic carboxylic acids is 1. The lowest BCUT2D eigenvalue weighted by atomic mass is 9.82. The van der Waals surface area contributed by atoms with Gasteiger partial charge in [0.1, 0.15) is 22.3 Å². The van der Waals surface area contributed by atoms with Crippen LogP contribution in [0, 0.1) is 0 Å². The number of carbonyl (C=O) groups excluding carboxylic acids is 3. The molecule has 0 aliphatic carbocycles. The molecule has 3 N–H and O–H groups in total. The van der Waals surface area contributed by atoms with Gasteiger partial charge in [0.25, 0.3) is 11.8 Å². The summed E-state index contributed by atoms with van der Waals surface area (Å²) in [5.74, 6) is -2.40. The predicted molar refractivity (Wildman–Crippen MR) is 121 cm³/mol. The first-order valence-corrected chi connectivity index (χ1v) is 10.5. The van der Waals surface area contributed by atoms with Crippen LogP contribution in [0.4, 0.5) is 4.79 Å². The molecule has 2 aromatic carbocycles. The number of carboxylic acid groups (broad SMARTS) is 1. The highest BCUT2D eigenvalue weighted by molar-refractivity contribution is 6.14. The van der Waals surface area contributed by atoms with Crippen molar-refractivity contribution in [3.05, 3.63) is 95.1 Å². The smallest absolute Gasteiger partial charge is 0.340 e. The normalized spacial score (nSPS) is 15.0. The zero-order chi connectivity index (χ0) is 23.9. The van der Waals surface area contributed by atoms with E-state index in [0.29, 0.717) is 11.1 Å². The molecular formula is C25H19N3O6. The number of amides is 4. The van der Waals surface area contributed by atoms with Crippen LogP contribution in [0.2, 0.25) is 0 Å². The van der Waals surface area contributed by atoms with Crippen molar-refractivity contribution in [1.29, 1.82) is 0 Å². The summed E-state index contributed by atoms with van der Waals surface area (Å²) in [6.07, 6.45) is 0. The minimum atomic E-state index is -1.39. The number of imide groups is 1. The summed E-state index contributed by atoms with van der Waals surface area (Å²) in [5.41, 5.74) is -0.187. The third kappa shape index (κ3) is 3.17. The van der Waals surface area contributed by atoms with Crippen molar-refractivity contribution in [1.82, 2.24) is 15.5 Å². The second-order valence-electron chi connectivity index (χ2n) is 7.84. The standard InChI is InChI=1S/C25H19N3O6/c29-21(19-17-11-12-18(34-17)20(19)22(30)31)26-13-14-28-23(32)25(27-24(28)33,15-7-3-1-4-8-15)16-9-5-2-6-10-16/h1-12H,13-14H2,(H,26,29)(H,27,33)(H,30,31). The number of hydrogen-bond donors (Lipinski definition) is 3. The van der Waals surface area contributed by atoms with Crippen molar-refractivity contribution < 1.29 is 28.7 Å². The van der Waals surface area contributed by atoms with Crippen LogP contribution in [-0.4, -0.2) is 46.9 Å². The Labute approximate surface area is 193 Å². The second-order valence-corrected chi connectivity index (χ2v) is 7.84. The predicted octanol–water partition coefficient (Wildman–Crippen LogP) is 2.79. The summed E-state index contributed by atoms with van der Waals surface area (Å²) < 4.78 is 5.30. The molecule has 2 bridgehead atoms. The van der Waals surface area contributed by atoms with Crippen LogP contribution >= 0.6 is 0 Å². The molecule has 4 aromatic rings. The minimum absolute atomic E-state index is 0.0691. The maximum absolute atomic E-state index is 13.6. The highest BCUT2D eigenvalue weighted by Crippen LogP contribution is 2.36. The van der Waals surface area contributed by atoms with Crippen LogP contribution in [0.1, 0.15) is 31.8 Å². The molecule has 1 saturated heterocycles. The average molecular weight is 457 g/mol. The molecule has 0 radical (unpaired) electrons. The molecule has 3 heterocycles. The molecule has 5 rings (SSSR count). The first-order chi connectivity index (χ1) is 16.4. The first-order valence-electron chi connectivity index (χ1n) is 10.5. The fourth-order valence-electron chi connectivity index (χ4n) is 4.37. The number of carbonyl (C=O) groups is 4. The third-order valence-corrected chi connectivity index (χ3v) is 5.93. The monoisotopic (exact) mass is 457 g/mol. The number of nitrogens with one attached hydrogen (secondary N) is 2. The molecule has 1 aliphatic heterocycles. The van der Waals surface area contributed by atoms with Gasteiger partial charge in [0, 0.05) is 13.1 Å². The molecule has 9 nitrogen and oxygen atoms in total. The molecule has 2 aromatic heterocycles. The lowest BCUT2D eigenvalue weighted by Gasteiger charge is -2.28. The molecule has 9 heteroatoms. The molecular weight excluding hydrogens is 438 g/mol. The van der Waals surface area contributed by atoms with Crippen LogP contribution < -0.4 is 10.6 Å². The van der Waals surface area contributed by atoms with Crippen molar-refractivity contribution in [2.24, 2.45) is 0 Å². The van der Waals surface area contributed by atoms with E-state index in [4.69, 9.17) is 4.42 Å². The van der Waals surface area contributed by atoms with E-state index in [1.807, 2.05) is 12.1 Å². The van der Waals surface area contributed by atoms with Gasteiger partial charge in [-0.25, -0.2) is 9.59 Å². The number of hydrogen-bond acceptors (Lipinski definition) is 5. The van der Waals surface area contributed by atoms with E-state index in [0.717, 1.165) is 4.90 Å². The van der Waals surface area contributed by atoms with Gasteiger partial charge in [-0.2, -0.15) is 0 Å². The Balaban J connectivity index is 1.37. The molecule has 170 valence electrons. The van der Waals surface area contributed by atoms with Crippen molar-refractivity contribution in [2.75, 3.05) is 13.1 Å². The molecule has 0 saturated carbocycles. The van der Waals surface area contributed by atoms with E-state index < -0.39 is 29.4 Å². The minimum Gasteiger partial charge on any atom is -0.478 e. The molecule has 0 atom stereocenters. The highest BCUT2D eigenvalue weighted by Gasteiger charge is 2.53. The molecule has 0 spiro atoms. The number of benzene rings is 3. The zero-order valence-electron chi connectivity index (χ0n) is 17.8. The van der Waals surface area contributed by atoms with Gasteiger partial charge in [-0.15, -0.1) is 0 Å². The van der Waals surface area contributed by atoms with E-state index in [1.54, 1.807) is 48.5 Å². The van der Waals surface area contributed by atoms with Gasteiger partial charge in [0.15, 0.2) is 5.54 Å². The summed E-state index contributed by atoms with van der Waals surface area (Å²) in [6.45, 7) is -0.170. The lowest BCUT2D eigenvalue weighted by Crippen LogP contribution is -2.45. The number of furan rings is 2. The van der Waals surface area contributed by atoms with E-state index in [1.165, 1.54) is 12.1 Å². The van der Waals surface area contributed by atoms with Crippen molar-refractivity contribution in [3.63, 3.8) is 0 Å². The summed E-state index contributed by atoms with van der Waals surface area (Å²) in [7, 11) is 0. The summed E-state index contributed by atoms with van der Waals surface area (Å²) in [6, 6.07) is 20.3. The third-order valence-electron chi connectivity index (χ3n) is 5.93. The van der Waals surface area contributed by atoms with Crippen molar-refractivity contribution in [2.45, 2.75) is 5.54 Å². The second kappa shape index (κ2) is 8.04. The summed E-state index contributed by atoms with van der Waals surface area (Å²) in [4.78, 5) is 51.7. The van der Waals surface area contributed by atoms with Crippen molar-refractivity contribution >= 4 is 35.0 Å².